The molecule has 0 aromatic heterocycles. The number of carbonyl (C=O) groups excluding carboxylic acids is 1. The van der Waals surface area contributed by atoms with E-state index in [1.165, 1.54) is 0 Å². The van der Waals surface area contributed by atoms with Crippen LogP contribution in [0.2, 0.25) is 0 Å². The average molecular weight is 192 g/mol. The van der Waals surface area contributed by atoms with Crippen LogP contribution in [0, 0.1) is 0 Å². The molecule has 0 radical (unpaired) electrons. The van der Waals surface area contributed by atoms with Crippen molar-refractivity contribution in [1.82, 2.24) is 0 Å². The van der Waals surface area contributed by atoms with Gasteiger partial charge in [0.05, 0.1) is 0 Å². The van der Waals surface area contributed by atoms with Crippen LogP contribution in [-0.2, 0) is 9.53 Å². The zero-order valence-corrected chi connectivity index (χ0v) is 8.77. The van der Waals surface area contributed by atoms with E-state index in [9.17, 15) is 4.79 Å². The van der Waals surface area contributed by atoms with Crippen molar-refractivity contribution in [2.45, 2.75) is 37.4 Å². The van der Waals surface area contributed by atoms with Crippen LogP contribution in [0.4, 0.5) is 0 Å². The molecule has 0 unspecified atom stereocenters. The quantitative estimate of drug-likeness (QED) is 0.362. The first-order chi connectivity index (χ1) is 4.83. The fourth-order valence-electron chi connectivity index (χ4n) is 0.501. The lowest BCUT2D eigenvalue weighted by molar-refractivity contribution is -0.154. The highest BCUT2D eigenvalue weighted by atomic mass is 33.2. The van der Waals surface area contributed by atoms with Crippen LogP contribution in [0.25, 0.3) is 0 Å². The first-order valence-corrected chi connectivity index (χ1v) is 5.59. The molecule has 11 heavy (non-hydrogen) atoms. The van der Waals surface area contributed by atoms with Crippen molar-refractivity contribution in [3.05, 3.63) is 0 Å². The van der Waals surface area contributed by atoms with Crippen molar-refractivity contribution in [3.8, 4) is 0 Å². The lowest BCUT2D eigenvalue weighted by Gasteiger charge is -2.20. The molecule has 1 fully saturated rings. The first-order valence-electron chi connectivity index (χ1n) is 3.44. The summed E-state index contributed by atoms with van der Waals surface area (Å²) in [6, 6.07) is 0. The summed E-state index contributed by atoms with van der Waals surface area (Å²) in [6.07, 6.45) is 0. The van der Waals surface area contributed by atoms with E-state index in [4.69, 9.17) is 4.74 Å². The van der Waals surface area contributed by atoms with E-state index < -0.39 is 0 Å². The molecule has 0 aromatic carbocycles. The van der Waals surface area contributed by atoms with Crippen molar-refractivity contribution in [2.24, 2.45) is 0 Å². The zero-order valence-electron chi connectivity index (χ0n) is 7.13. The summed E-state index contributed by atoms with van der Waals surface area (Å²) in [7, 11) is 3.12. The van der Waals surface area contributed by atoms with Gasteiger partial charge in [0.25, 0.3) is 0 Å². The fraction of sp³-hybridized carbons (Fsp3) is 0.857. The number of carbonyl (C=O) groups is 1. The molecule has 0 spiro atoms. The molecule has 0 N–H and O–H groups in total. The van der Waals surface area contributed by atoms with Crippen molar-refractivity contribution in [2.75, 3.05) is 0 Å². The highest BCUT2D eigenvalue weighted by Crippen LogP contribution is 2.65. The van der Waals surface area contributed by atoms with E-state index in [0.29, 0.717) is 0 Å². The molecule has 1 aliphatic heterocycles. The molecule has 1 saturated heterocycles. The second-order valence-corrected chi connectivity index (χ2v) is 6.84. The van der Waals surface area contributed by atoms with Gasteiger partial charge in [-0.05, 0) is 27.7 Å². The average Bonchev–Trinajstić information content (AvgIpc) is 2.44. The van der Waals surface area contributed by atoms with Crippen molar-refractivity contribution in [3.63, 3.8) is 0 Å². The molecule has 64 valence electrons. The Morgan fingerprint density at radius 2 is 1.82 bits per heavy atom. The smallest absolute Gasteiger partial charge is 0.334 e. The van der Waals surface area contributed by atoms with Crippen LogP contribution in [-0.4, -0.2) is 15.6 Å². The highest BCUT2D eigenvalue weighted by Gasteiger charge is 2.51. The largest absolute Gasteiger partial charge is 0.458 e. The van der Waals surface area contributed by atoms with Gasteiger partial charge in [-0.3, -0.25) is 0 Å². The molecular formula is C7H12O2S2. The lowest BCUT2D eigenvalue weighted by Crippen LogP contribution is -2.30. The number of rotatable bonds is 1. The maximum atomic E-state index is 11.3. The van der Waals surface area contributed by atoms with Gasteiger partial charge >= 0.3 is 5.97 Å². The molecule has 1 aliphatic rings. The normalized spacial score (nSPS) is 21.1. The Kier molecular flexibility index (Phi) is 2.18. The summed E-state index contributed by atoms with van der Waals surface area (Å²) in [5.41, 5.74) is -0.357. The molecule has 1 heterocycles. The van der Waals surface area contributed by atoms with Crippen LogP contribution in [0.1, 0.15) is 27.7 Å². The Hall–Kier alpha value is 0.170. The Labute approximate surface area is 74.8 Å². The minimum absolute atomic E-state index is 0.111. The van der Waals surface area contributed by atoms with Crippen LogP contribution in [0.5, 0.6) is 0 Å². The first kappa shape index (κ1) is 9.26. The van der Waals surface area contributed by atoms with Gasteiger partial charge in [0.15, 0.2) is 4.08 Å². The molecule has 0 saturated carbocycles. The Morgan fingerprint density at radius 3 is 2.09 bits per heavy atom. The maximum absolute atomic E-state index is 11.3. The number of ether oxygens (including phenoxy) is 1. The number of hydrogen-bond acceptors (Lipinski definition) is 4. The number of hydrogen-bond donors (Lipinski definition) is 0. The van der Waals surface area contributed by atoms with Gasteiger partial charge in [0.2, 0.25) is 0 Å². The predicted molar refractivity (Wildman–Crippen MR) is 49.4 cm³/mol. The third-order valence-corrected chi connectivity index (χ3v) is 4.10. The minimum atomic E-state index is -0.357. The molecule has 0 amide bonds. The van der Waals surface area contributed by atoms with Gasteiger partial charge in [-0.15, -0.1) is 0 Å². The second kappa shape index (κ2) is 2.59. The zero-order chi connectivity index (χ0) is 8.70. The van der Waals surface area contributed by atoms with Gasteiger partial charge in [-0.2, -0.15) is 0 Å². The van der Waals surface area contributed by atoms with Gasteiger partial charge in [0.1, 0.15) is 5.60 Å². The molecule has 0 atom stereocenters. The molecule has 0 bridgehead atoms. The van der Waals surface area contributed by atoms with Crippen molar-refractivity contribution >= 4 is 27.6 Å². The summed E-state index contributed by atoms with van der Waals surface area (Å²) in [5.74, 6) is -0.111. The van der Waals surface area contributed by atoms with E-state index in [1.54, 1.807) is 21.6 Å². The second-order valence-electron chi connectivity index (χ2n) is 3.61. The summed E-state index contributed by atoms with van der Waals surface area (Å²) in [6.45, 7) is 7.53. The number of esters is 1. The molecule has 0 aromatic rings. The fourth-order valence-corrected chi connectivity index (χ4v) is 1.63. The Balaban J connectivity index is 2.45. The van der Waals surface area contributed by atoms with E-state index >= 15 is 0 Å². The third-order valence-electron chi connectivity index (χ3n) is 1.10. The minimum Gasteiger partial charge on any atom is -0.458 e. The van der Waals surface area contributed by atoms with Crippen LogP contribution in [0.3, 0.4) is 0 Å². The van der Waals surface area contributed by atoms with Gasteiger partial charge < -0.3 is 4.74 Å². The molecular weight excluding hydrogens is 180 g/mol. The highest BCUT2D eigenvalue weighted by molar-refractivity contribution is 8.94. The third kappa shape index (κ3) is 2.60. The van der Waals surface area contributed by atoms with Crippen LogP contribution >= 0.6 is 21.6 Å². The molecule has 1 rings (SSSR count). The molecule has 4 heteroatoms. The van der Waals surface area contributed by atoms with E-state index in [2.05, 4.69) is 0 Å². The van der Waals surface area contributed by atoms with Gasteiger partial charge in [-0.25, -0.2) is 4.79 Å². The van der Waals surface area contributed by atoms with E-state index in [1.807, 2.05) is 27.7 Å². The Morgan fingerprint density at radius 1 is 1.36 bits per heavy atom. The molecule has 0 aliphatic carbocycles. The maximum Gasteiger partial charge on any atom is 0.334 e. The summed E-state index contributed by atoms with van der Waals surface area (Å²) >= 11 is 0. The predicted octanol–water partition coefficient (Wildman–Crippen LogP) is 2.44. The van der Waals surface area contributed by atoms with E-state index in [0.717, 1.165) is 0 Å². The topological polar surface area (TPSA) is 26.3 Å². The van der Waals surface area contributed by atoms with Crippen LogP contribution in [0.15, 0.2) is 0 Å². The van der Waals surface area contributed by atoms with Gasteiger partial charge in [0, 0.05) is 0 Å². The summed E-state index contributed by atoms with van der Waals surface area (Å²) in [4.78, 5) is 11.3. The van der Waals surface area contributed by atoms with Crippen LogP contribution < -0.4 is 0 Å². The SMILES string of the molecule is CC(C)(C)OC(=O)C1(C)SS1. The van der Waals surface area contributed by atoms with Gasteiger partial charge in [-0.1, -0.05) is 21.6 Å². The summed E-state index contributed by atoms with van der Waals surface area (Å²) < 4.78 is 4.87. The molecule has 2 nitrogen and oxygen atoms in total. The van der Waals surface area contributed by atoms with E-state index in [-0.39, 0.29) is 15.6 Å². The van der Waals surface area contributed by atoms with Crippen molar-refractivity contribution in [1.29, 1.82) is 0 Å². The lowest BCUT2D eigenvalue weighted by atomic mass is 10.2. The van der Waals surface area contributed by atoms with Crippen molar-refractivity contribution < 1.29 is 9.53 Å². The summed E-state index contributed by atoms with van der Waals surface area (Å²) in [5, 5.41) is 0. The Bertz CT molecular complexity index is 179. The standard InChI is InChI=1S/C7H12O2S2/c1-6(2,3)9-5(8)7(4)10-11-7/h1-4H3. The monoisotopic (exact) mass is 192 g/mol.